The molecule has 4 nitrogen and oxygen atoms in total. The highest BCUT2D eigenvalue weighted by atomic mass is 32.1. The number of aryl methyl sites for hydroxylation is 2. The molecule has 2 aromatic heterocycles. The van der Waals surface area contributed by atoms with Gasteiger partial charge in [0.25, 0.3) is 0 Å². The fourth-order valence-electron chi connectivity index (χ4n) is 1.62. The molecule has 0 amide bonds. The molecule has 0 saturated heterocycles. The van der Waals surface area contributed by atoms with Crippen molar-refractivity contribution in [1.82, 2.24) is 15.0 Å². The van der Waals surface area contributed by atoms with Crippen molar-refractivity contribution < 1.29 is 0 Å². The molecule has 0 bridgehead atoms. The summed E-state index contributed by atoms with van der Waals surface area (Å²) in [5.41, 5.74) is 5.06. The monoisotopic (exact) mass is 254 g/mol. The van der Waals surface area contributed by atoms with Crippen molar-refractivity contribution in [3.63, 3.8) is 0 Å². The molecule has 0 radical (unpaired) electrons. The van der Waals surface area contributed by atoms with Crippen molar-refractivity contribution >= 4 is 22.9 Å². The molecule has 3 N–H and O–H groups in total. The van der Waals surface area contributed by atoms with E-state index in [9.17, 15) is 0 Å². The maximum Gasteiger partial charge on any atom is 0.0845 e. The zero-order chi connectivity index (χ0) is 11.5. The Bertz CT molecular complexity index is 463. The molecule has 2 rings (SSSR count). The molecule has 0 fully saturated rings. The van der Waals surface area contributed by atoms with E-state index in [1.807, 2.05) is 0 Å². The number of rotatable bonds is 4. The first-order chi connectivity index (χ1) is 7.76. The van der Waals surface area contributed by atoms with Crippen LogP contribution >= 0.6 is 22.9 Å². The van der Waals surface area contributed by atoms with Crippen LogP contribution in [0.3, 0.4) is 0 Å². The Kier molecular flexibility index (Phi) is 3.65. The second-order valence-corrected chi connectivity index (χ2v) is 5.43. The van der Waals surface area contributed by atoms with Crippen LogP contribution in [-0.4, -0.2) is 9.59 Å². The summed E-state index contributed by atoms with van der Waals surface area (Å²) in [5.74, 6) is 5.63. The van der Waals surface area contributed by atoms with Crippen LogP contribution in [0.2, 0.25) is 0 Å². The lowest BCUT2D eigenvalue weighted by molar-refractivity contribution is 0.641. The SMILES string of the molecule is CCc1nnsc1C(NN)c1csc(C)c1. The maximum absolute atomic E-state index is 5.63. The topological polar surface area (TPSA) is 63.8 Å². The van der Waals surface area contributed by atoms with E-state index in [0.717, 1.165) is 17.0 Å². The van der Waals surface area contributed by atoms with Crippen molar-refractivity contribution in [1.29, 1.82) is 0 Å². The van der Waals surface area contributed by atoms with Crippen molar-refractivity contribution in [3.8, 4) is 0 Å². The van der Waals surface area contributed by atoms with Gasteiger partial charge in [-0.2, -0.15) is 0 Å². The van der Waals surface area contributed by atoms with E-state index in [1.54, 1.807) is 11.3 Å². The molecule has 86 valence electrons. The molecule has 0 aliphatic carbocycles. The molecule has 0 spiro atoms. The molecule has 0 aromatic carbocycles. The van der Waals surface area contributed by atoms with Gasteiger partial charge < -0.3 is 0 Å². The number of thiophene rings is 1. The molecule has 0 saturated carbocycles. The van der Waals surface area contributed by atoms with Crippen LogP contribution in [0, 0.1) is 6.92 Å². The Hall–Kier alpha value is -0.820. The predicted molar refractivity (Wildman–Crippen MR) is 67.5 cm³/mol. The van der Waals surface area contributed by atoms with Crippen LogP contribution in [0.5, 0.6) is 0 Å². The summed E-state index contributed by atoms with van der Waals surface area (Å²) in [6, 6.07) is 2.16. The Morgan fingerprint density at radius 3 is 2.94 bits per heavy atom. The van der Waals surface area contributed by atoms with Crippen molar-refractivity contribution in [2.24, 2.45) is 5.84 Å². The first-order valence-electron chi connectivity index (χ1n) is 5.08. The Morgan fingerprint density at radius 2 is 2.38 bits per heavy atom. The van der Waals surface area contributed by atoms with Gasteiger partial charge in [0.15, 0.2) is 0 Å². The molecule has 16 heavy (non-hydrogen) atoms. The van der Waals surface area contributed by atoms with E-state index in [4.69, 9.17) is 5.84 Å². The van der Waals surface area contributed by atoms with Gasteiger partial charge >= 0.3 is 0 Å². The number of nitrogens with two attached hydrogens (primary N) is 1. The van der Waals surface area contributed by atoms with Gasteiger partial charge in [0.2, 0.25) is 0 Å². The van der Waals surface area contributed by atoms with E-state index < -0.39 is 0 Å². The molecule has 2 heterocycles. The molecule has 6 heteroatoms. The summed E-state index contributed by atoms with van der Waals surface area (Å²) in [4.78, 5) is 2.40. The van der Waals surface area contributed by atoms with E-state index in [0.29, 0.717) is 0 Å². The van der Waals surface area contributed by atoms with Crippen LogP contribution < -0.4 is 11.3 Å². The van der Waals surface area contributed by atoms with Gasteiger partial charge in [-0.25, -0.2) is 5.43 Å². The van der Waals surface area contributed by atoms with Crippen LogP contribution in [-0.2, 0) is 6.42 Å². The van der Waals surface area contributed by atoms with Crippen molar-refractivity contribution in [2.75, 3.05) is 0 Å². The first-order valence-corrected chi connectivity index (χ1v) is 6.73. The molecular weight excluding hydrogens is 240 g/mol. The predicted octanol–water partition coefficient (Wildman–Crippen LogP) is 2.02. The van der Waals surface area contributed by atoms with Crippen LogP contribution in [0.1, 0.15) is 34.0 Å². The summed E-state index contributed by atoms with van der Waals surface area (Å²) in [6.45, 7) is 4.17. The molecule has 1 unspecified atom stereocenters. The molecule has 1 atom stereocenters. The standard InChI is InChI=1S/C10H14N4S2/c1-3-8-10(16-14-13-8)9(12-11)7-4-6(2)15-5-7/h4-5,9,12H,3,11H2,1-2H3. The highest BCUT2D eigenvalue weighted by Gasteiger charge is 2.19. The Labute approximate surface area is 103 Å². The molecular formula is C10H14N4S2. The van der Waals surface area contributed by atoms with E-state index in [2.05, 4.69) is 40.3 Å². The lowest BCUT2D eigenvalue weighted by Gasteiger charge is -2.12. The number of hydrogen-bond donors (Lipinski definition) is 2. The summed E-state index contributed by atoms with van der Waals surface area (Å²) in [6.07, 6.45) is 0.882. The third-order valence-electron chi connectivity index (χ3n) is 2.43. The van der Waals surface area contributed by atoms with Gasteiger partial charge in [-0.15, -0.1) is 16.4 Å². The zero-order valence-electron chi connectivity index (χ0n) is 9.23. The summed E-state index contributed by atoms with van der Waals surface area (Å²) >= 11 is 3.14. The second kappa shape index (κ2) is 5.01. The van der Waals surface area contributed by atoms with E-state index in [1.165, 1.54) is 22.0 Å². The highest BCUT2D eigenvalue weighted by molar-refractivity contribution is 7.10. The summed E-state index contributed by atoms with van der Waals surface area (Å²) in [5, 5.41) is 6.24. The summed E-state index contributed by atoms with van der Waals surface area (Å²) < 4.78 is 3.99. The minimum absolute atomic E-state index is 0.0138. The maximum atomic E-state index is 5.63. The number of hydrogen-bond acceptors (Lipinski definition) is 6. The Morgan fingerprint density at radius 1 is 1.56 bits per heavy atom. The van der Waals surface area contributed by atoms with Crippen molar-refractivity contribution in [2.45, 2.75) is 26.3 Å². The third kappa shape index (κ3) is 2.15. The minimum Gasteiger partial charge on any atom is -0.271 e. The van der Waals surface area contributed by atoms with Gasteiger partial charge in [0, 0.05) is 4.88 Å². The minimum atomic E-state index is 0.0138. The normalized spacial score (nSPS) is 12.9. The largest absolute Gasteiger partial charge is 0.271 e. The smallest absolute Gasteiger partial charge is 0.0845 e. The number of nitrogens with zero attached hydrogens (tertiary/aromatic N) is 2. The average molecular weight is 254 g/mol. The lowest BCUT2D eigenvalue weighted by atomic mass is 10.1. The zero-order valence-corrected chi connectivity index (χ0v) is 10.9. The number of aromatic nitrogens is 2. The molecule has 2 aromatic rings. The van der Waals surface area contributed by atoms with Gasteiger partial charge in [-0.05, 0) is 41.9 Å². The average Bonchev–Trinajstić information content (AvgIpc) is 2.89. The van der Waals surface area contributed by atoms with Gasteiger partial charge in [0.05, 0.1) is 16.6 Å². The molecule has 0 aliphatic heterocycles. The number of hydrazine groups is 1. The third-order valence-corrected chi connectivity index (χ3v) is 4.14. The fraction of sp³-hybridized carbons (Fsp3) is 0.400. The first kappa shape index (κ1) is 11.7. The van der Waals surface area contributed by atoms with Crippen molar-refractivity contribution in [3.05, 3.63) is 32.5 Å². The summed E-state index contributed by atoms with van der Waals surface area (Å²) in [7, 11) is 0. The molecule has 0 aliphatic rings. The highest BCUT2D eigenvalue weighted by Crippen LogP contribution is 2.29. The van der Waals surface area contributed by atoms with Gasteiger partial charge in [-0.3, -0.25) is 5.84 Å². The van der Waals surface area contributed by atoms with Crippen LogP contribution in [0.15, 0.2) is 11.4 Å². The Balaban J connectivity index is 2.36. The number of nitrogens with one attached hydrogen (secondary N) is 1. The lowest BCUT2D eigenvalue weighted by Crippen LogP contribution is -2.28. The van der Waals surface area contributed by atoms with Gasteiger partial charge in [0.1, 0.15) is 0 Å². The van der Waals surface area contributed by atoms with Crippen LogP contribution in [0.4, 0.5) is 0 Å². The fourth-order valence-corrected chi connectivity index (χ4v) is 3.18. The quantitative estimate of drug-likeness (QED) is 0.647. The van der Waals surface area contributed by atoms with Gasteiger partial charge in [-0.1, -0.05) is 11.4 Å². The van der Waals surface area contributed by atoms with E-state index in [-0.39, 0.29) is 6.04 Å². The van der Waals surface area contributed by atoms with E-state index >= 15 is 0 Å². The van der Waals surface area contributed by atoms with Crippen LogP contribution in [0.25, 0.3) is 0 Å². The second-order valence-electron chi connectivity index (χ2n) is 3.53.